The highest BCUT2D eigenvalue weighted by molar-refractivity contribution is 5.85. The lowest BCUT2D eigenvalue weighted by Crippen LogP contribution is -2.49. The van der Waals surface area contributed by atoms with Gasteiger partial charge < -0.3 is 15.5 Å². The van der Waals surface area contributed by atoms with Crippen LogP contribution in [0, 0.1) is 5.41 Å². The van der Waals surface area contributed by atoms with Gasteiger partial charge in [-0.1, -0.05) is 18.9 Å². The lowest BCUT2D eigenvalue weighted by atomic mass is 9.84. The Morgan fingerprint density at radius 1 is 1.29 bits per heavy atom. The number of guanidine groups is 1. The number of carbonyl (C=O) groups is 1. The third-order valence-electron chi connectivity index (χ3n) is 4.64. The van der Waals surface area contributed by atoms with E-state index in [2.05, 4.69) is 20.6 Å². The van der Waals surface area contributed by atoms with E-state index in [1.165, 1.54) is 0 Å². The van der Waals surface area contributed by atoms with E-state index in [4.69, 9.17) is 0 Å². The van der Waals surface area contributed by atoms with Crippen LogP contribution in [0.2, 0.25) is 0 Å². The van der Waals surface area contributed by atoms with Crippen molar-refractivity contribution in [1.82, 2.24) is 20.5 Å². The lowest BCUT2D eigenvalue weighted by molar-refractivity contribution is -0.138. The molecule has 1 aliphatic rings. The van der Waals surface area contributed by atoms with Crippen LogP contribution in [-0.2, 0) is 11.2 Å². The summed E-state index contributed by atoms with van der Waals surface area (Å²) >= 11 is 0. The summed E-state index contributed by atoms with van der Waals surface area (Å²) in [7, 11) is 5.43. The van der Waals surface area contributed by atoms with Gasteiger partial charge in [-0.25, -0.2) is 0 Å². The molecule has 6 heteroatoms. The van der Waals surface area contributed by atoms with Gasteiger partial charge in [-0.05, 0) is 25.0 Å². The smallest absolute Gasteiger partial charge is 0.230 e. The van der Waals surface area contributed by atoms with E-state index >= 15 is 0 Å². The van der Waals surface area contributed by atoms with Gasteiger partial charge in [0, 0.05) is 52.5 Å². The lowest BCUT2D eigenvalue weighted by Gasteiger charge is -2.31. The first-order chi connectivity index (χ1) is 11.6. The van der Waals surface area contributed by atoms with Crippen LogP contribution in [-0.4, -0.2) is 56.0 Å². The van der Waals surface area contributed by atoms with E-state index in [1.807, 2.05) is 32.3 Å². The number of hydrogen-bond donors (Lipinski definition) is 2. The minimum atomic E-state index is -0.290. The number of aliphatic imine (C=N–C) groups is 1. The maximum absolute atomic E-state index is 12.6. The van der Waals surface area contributed by atoms with Crippen LogP contribution in [0.5, 0.6) is 0 Å². The molecule has 1 amide bonds. The van der Waals surface area contributed by atoms with Gasteiger partial charge in [0.15, 0.2) is 5.96 Å². The summed E-state index contributed by atoms with van der Waals surface area (Å²) < 4.78 is 0. The van der Waals surface area contributed by atoms with Gasteiger partial charge >= 0.3 is 0 Å². The summed E-state index contributed by atoms with van der Waals surface area (Å²) in [5.74, 6) is 0.959. The van der Waals surface area contributed by atoms with Crippen LogP contribution in [0.25, 0.3) is 0 Å². The monoisotopic (exact) mass is 331 g/mol. The number of rotatable bonds is 6. The standard InChI is InChI=1S/C18H29N5O/c1-19-17(21-13-9-15-8-4-7-12-20-15)22-14-18(10-5-6-11-18)16(24)23(2)3/h4,7-8,12H,5-6,9-11,13-14H2,1-3H3,(H2,19,21,22). The van der Waals surface area contributed by atoms with Crippen molar-refractivity contribution in [1.29, 1.82) is 0 Å². The molecule has 0 atom stereocenters. The van der Waals surface area contributed by atoms with Crippen LogP contribution < -0.4 is 10.6 Å². The number of hydrogen-bond acceptors (Lipinski definition) is 3. The Morgan fingerprint density at radius 3 is 2.62 bits per heavy atom. The first kappa shape index (κ1) is 18.2. The first-order valence-electron chi connectivity index (χ1n) is 8.63. The van der Waals surface area contributed by atoms with Crippen molar-refractivity contribution in [2.45, 2.75) is 32.1 Å². The molecule has 0 aliphatic heterocycles. The van der Waals surface area contributed by atoms with Crippen LogP contribution in [0.15, 0.2) is 29.4 Å². The molecular formula is C18H29N5O. The van der Waals surface area contributed by atoms with Gasteiger partial charge in [0.05, 0.1) is 5.41 Å². The average Bonchev–Trinajstić information content (AvgIpc) is 3.08. The fourth-order valence-corrected chi connectivity index (χ4v) is 3.32. The zero-order valence-electron chi connectivity index (χ0n) is 15.0. The van der Waals surface area contributed by atoms with Crippen molar-refractivity contribution in [2.24, 2.45) is 10.4 Å². The Morgan fingerprint density at radius 2 is 2.04 bits per heavy atom. The van der Waals surface area contributed by atoms with Gasteiger partial charge in [-0.3, -0.25) is 14.8 Å². The van der Waals surface area contributed by atoms with Crippen LogP contribution in [0.3, 0.4) is 0 Å². The van der Waals surface area contributed by atoms with Crippen molar-refractivity contribution >= 4 is 11.9 Å². The molecule has 1 fully saturated rings. The summed E-state index contributed by atoms with van der Waals surface area (Å²) in [4.78, 5) is 22.9. The SMILES string of the molecule is CN=C(NCCc1ccccn1)NCC1(C(=O)N(C)C)CCCC1. The molecular weight excluding hydrogens is 302 g/mol. The molecule has 0 radical (unpaired) electrons. The number of amides is 1. The van der Waals surface area contributed by atoms with Gasteiger partial charge in [0.2, 0.25) is 5.91 Å². The predicted molar refractivity (Wildman–Crippen MR) is 96.9 cm³/mol. The minimum Gasteiger partial charge on any atom is -0.356 e. The van der Waals surface area contributed by atoms with Crippen LogP contribution in [0.4, 0.5) is 0 Å². The zero-order chi connectivity index (χ0) is 17.4. The molecule has 1 aliphatic carbocycles. The highest BCUT2D eigenvalue weighted by Gasteiger charge is 2.42. The molecule has 24 heavy (non-hydrogen) atoms. The molecule has 132 valence electrons. The summed E-state index contributed by atoms with van der Waals surface area (Å²) in [5.41, 5.74) is 0.762. The fourth-order valence-electron chi connectivity index (χ4n) is 3.32. The molecule has 0 bridgehead atoms. The molecule has 2 N–H and O–H groups in total. The van der Waals surface area contributed by atoms with Crippen molar-refractivity contribution in [3.63, 3.8) is 0 Å². The quantitative estimate of drug-likeness (QED) is 0.611. The highest BCUT2D eigenvalue weighted by atomic mass is 16.2. The number of nitrogens with zero attached hydrogens (tertiary/aromatic N) is 3. The highest BCUT2D eigenvalue weighted by Crippen LogP contribution is 2.38. The average molecular weight is 331 g/mol. The van der Waals surface area contributed by atoms with E-state index in [0.717, 1.165) is 50.3 Å². The van der Waals surface area contributed by atoms with E-state index in [9.17, 15) is 4.79 Å². The van der Waals surface area contributed by atoms with Gasteiger partial charge in [-0.2, -0.15) is 0 Å². The summed E-state index contributed by atoms with van der Waals surface area (Å²) in [5, 5.41) is 6.65. The van der Waals surface area contributed by atoms with Crippen LogP contribution in [0.1, 0.15) is 31.4 Å². The topological polar surface area (TPSA) is 69.6 Å². The largest absolute Gasteiger partial charge is 0.356 e. The molecule has 0 unspecified atom stereocenters. The van der Waals surface area contributed by atoms with Crippen molar-refractivity contribution < 1.29 is 4.79 Å². The second-order valence-corrected chi connectivity index (χ2v) is 6.61. The molecule has 2 rings (SSSR count). The second-order valence-electron chi connectivity index (χ2n) is 6.61. The second kappa shape index (κ2) is 8.66. The molecule has 1 heterocycles. The third-order valence-corrected chi connectivity index (χ3v) is 4.64. The molecule has 0 saturated heterocycles. The summed E-state index contributed by atoms with van der Waals surface area (Å²) in [6.45, 7) is 1.39. The molecule has 1 aromatic heterocycles. The molecule has 0 spiro atoms. The Balaban J connectivity index is 1.84. The van der Waals surface area contributed by atoms with Gasteiger partial charge in [0.1, 0.15) is 0 Å². The van der Waals surface area contributed by atoms with Crippen molar-refractivity contribution in [3.8, 4) is 0 Å². The first-order valence-corrected chi connectivity index (χ1v) is 8.63. The number of carbonyl (C=O) groups excluding carboxylic acids is 1. The Bertz CT molecular complexity index is 550. The molecule has 0 aromatic carbocycles. The minimum absolute atomic E-state index is 0.219. The predicted octanol–water partition coefficient (Wildman–Crippen LogP) is 1.44. The molecule has 6 nitrogen and oxygen atoms in total. The van der Waals surface area contributed by atoms with Gasteiger partial charge in [0.25, 0.3) is 0 Å². The Labute approximate surface area is 144 Å². The fraction of sp³-hybridized carbons (Fsp3) is 0.611. The van der Waals surface area contributed by atoms with Crippen LogP contribution >= 0.6 is 0 Å². The Kier molecular flexibility index (Phi) is 6.58. The third kappa shape index (κ3) is 4.69. The van der Waals surface area contributed by atoms with E-state index < -0.39 is 0 Å². The maximum atomic E-state index is 12.6. The zero-order valence-corrected chi connectivity index (χ0v) is 15.0. The van der Waals surface area contributed by atoms with Crippen molar-refractivity contribution in [3.05, 3.63) is 30.1 Å². The molecule has 1 aromatic rings. The number of nitrogens with one attached hydrogen (secondary N) is 2. The summed E-state index contributed by atoms with van der Waals surface area (Å²) in [6, 6.07) is 5.92. The normalized spacial score (nSPS) is 16.7. The van der Waals surface area contributed by atoms with E-state index in [1.54, 1.807) is 18.1 Å². The van der Waals surface area contributed by atoms with E-state index in [-0.39, 0.29) is 11.3 Å². The number of pyridine rings is 1. The van der Waals surface area contributed by atoms with E-state index in [0.29, 0.717) is 6.54 Å². The van der Waals surface area contributed by atoms with Gasteiger partial charge in [-0.15, -0.1) is 0 Å². The van der Waals surface area contributed by atoms with Crippen molar-refractivity contribution in [2.75, 3.05) is 34.2 Å². The number of aromatic nitrogens is 1. The summed E-state index contributed by atoms with van der Waals surface area (Å²) in [6.07, 6.45) is 6.77. The Hall–Kier alpha value is -2.11. The molecule has 1 saturated carbocycles. The maximum Gasteiger partial charge on any atom is 0.230 e.